The van der Waals surface area contributed by atoms with Crippen molar-refractivity contribution in [3.05, 3.63) is 34.9 Å². The lowest BCUT2D eigenvalue weighted by Gasteiger charge is -2.39. The van der Waals surface area contributed by atoms with Gasteiger partial charge in [-0.3, -0.25) is 4.79 Å². The summed E-state index contributed by atoms with van der Waals surface area (Å²) < 4.78 is 0. The van der Waals surface area contributed by atoms with Gasteiger partial charge in [0.25, 0.3) is 5.91 Å². The molecule has 0 aliphatic heterocycles. The third kappa shape index (κ3) is 3.21. The van der Waals surface area contributed by atoms with Gasteiger partial charge in [0, 0.05) is 12.1 Å². The van der Waals surface area contributed by atoms with Crippen molar-refractivity contribution in [2.24, 2.45) is 11.7 Å². The molecule has 1 fully saturated rings. The van der Waals surface area contributed by atoms with E-state index in [1.54, 1.807) is 0 Å². The highest BCUT2D eigenvalue weighted by Gasteiger charge is 2.34. The smallest absolute Gasteiger partial charge is 0.251 e. The van der Waals surface area contributed by atoms with Crippen LogP contribution in [0.15, 0.2) is 18.2 Å². The molecule has 3 nitrogen and oxygen atoms in total. The monoisotopic (exact) mass is 274 g/mol. The van der Waals surface area contributed by atoms with Crippen molar-refractivity contribution in [2.75, 3.05) is 6.54 Å². The molecule has 0 radical (unpaired) electrons. The number of carbonyl (C=O) groups is 1. The average molecular weight is 274 g/mol. The van der Waals surface area contributed by atoms with Crippen LogP contribution < -0.4 is 11.1 Å². The molecule has 1 saturated carbocycles. The van der Waals surface area contributed by atoms with Crippen molar-refractivity contribution in [1.29, 1.82) is 0 Å². The van der Waals surface area contributed by atoms with E-state index in [2.05, 4.69) is 19.2 Å². The number of hydrogen-bond donors (Lipinski definition) is 2. The summed E-state index contributed by atoms with van der Waals surface area (Å²) in [4.78, 5) is 12.5. The van der Waals surface area contributed by atoms with Gasteiger partial charge in [-0.1, -0.05) is 13.0 Å². The quantitative estimate of drug-likeness (QED) is 0.890. The number of benzene rings is 1. The van der Waals surface area contributed by atoms with Crippen LogP contribution in [0.5, 0.6) is 0 Å². The van der Waals surface area contributed by atoms with Gasteiger partial charge in [0.05, 0.1) is 5.54 Å². The fraction of sp³-hybridized carbons (Fsp3) is 0.588. The first kappa shape index (κ1) is 15.0. The van der Waals surface area contributed by atoms with Crippen LogP contribution in [-0.2, 0) is 0 Å². The number of amides is 1. The Labute approximate surface area is 121 Å². The van der Waals surface area contributed by atoms with Crippen molar-refractivity contribution >= 4 is 5.91 Å². The lowest BCUT2D eigenvalue weighted by atomic mass is 9.77. The predicted molar refractivity (Wildman–Crippen MR) is 82.8 cm³/mol. The Hall–Kier alpha value is -1.35. The van der Waals surface area contributed by atoms with Crippen LogP contribution >= 0.6 is 0 Å². The summed E-state index contributed by atoms with van der Waals surface area (Å²) >= 11 is 0. The number of aryl methyl sites for hydroxylation is 2. The maximum atomic E-state index is 12.5. The van der Waals surface area contributed by atoms with Gasteiger partial charge < -0.3 is 11.1 Å². The molecule has 1 amide bonds. The molecule has 1 aliphatic carbocycles. The molecule has 2 rings (SSSR count). The fourth-order valence-electron chi connectivity index (χ4n) is 2.89. The third-order valence-corrected chi connectivity index (χ3v) is 4.77. The molecule has 0 aromatic heterocycles. The van der Waals surface area contributed by atoms with E-state index in [9.17, 15) is 4.79 Å². The van der Waals surface area contributed by atoms with Crippen molar-refractivity contribution < 1.29 is 4.79 Å². The molecule has 1 aromatic carbocycles. The van der Waals surface area contributed by atoms with E-state index >= 15 is 0 Å². The Morgan fingerprint density at radius 3 is 2.50 bits per heavy atom. The summed E-state index contributed by atoms with van der Waals surface area (Å²) in [6.45, 7) is 6.88. The van der Waals surface area contributed by atoms with Gasteiger partial charge in [0.15, 0.2) is 0 Å². The molecular weight excluding hydrogens is 248 g/mol. The summed E-state index contributed by atoms with van der Waals surface area (Å²) in [6, 6.07) is 5.86. The number of hydrogen-bond acceptors (Lipinski definition) is 2. The molecular formula is C17H26N2O. The van der Waals surface area contributed by atoms with Gasteiger partial charge in [0.1, 0.15) is 0 Å². The molecule has 0 bridgehead atoms. The van der Waals surface area contributed by atoms with Crippen LogP contribution in [0.25, 0.3) is 0 Å². The van der Waals surface area contributed by atoms with Gasteiger partial charge in [-0.15, -0.1) is 0 Å². The topological polar surface area (TPSA) is 55.1 Å². The summed E-state index contributed by atoms with van der Waals surface area (Å²) in [6.07, 6.45) is 4.26. The van der Waals surface area contributed by atoms with Gasteiger partial charge in [-0.05, 0) is 68.7 Å². The minimum absolute atomic E-state index is 0.00750. The summed E-state index contributed by atoms with van der Waals surface area (Å²) in [5.41, 5.74) is 8.84. The Morgan fingerprint density at radius 1 is 1.30 bits per heavy atom. The summed E-state index contributed by atoms with van der Waals surface area (Å²) in [5.74, 6) is 0.751. The molecule has 0 atom stereocenters. The maximum Gasteiger partial charge on any atom is 0.251 e. The highest BCUT2D eigenvalue weighted by atomic mass is 16.1. The molecule has 0 unspecified atom stereocenters. The van der Waals surface area contributed by atoms with Crippen molar-refractivity contribution in [1.82, 2.24) is 5.32 Å². The van der Waals surface area contributed by atoms with Crippen LogP contribution in [0.2, 0.25) is 0 Å². The van der Waals surface area contributed by atoms with Crippen LogP contribution in [0, 0.1) is 19.8 Å². The Morgan fingerprint density at radius 2 is 1.95 bits per heavy atom. The lowest BCUT2D eigenvalue weighted by molar-refractivity contribution is 0.0860. The van der Waals surface area contributed by atoms with Crippen LogP contribution in [0.4, 0.5) is 0 Å². The fourth-order valence-corrected chi connectivity index (χ4v) is 2.89. The highest BCUT2D eigenvalue weighted by molar-refractivity contribution is 5.95. The largest absolute Gasteiger partial charge is 0.345 e. The Balaban J connectivity index is 2.11. The van der Waals surface area contributed by atoms with Crippen molar-refractivity contribution in [3.8, 4) is 0 Å². The Bertz CT molecular complexity index is 488. The van der Waals surface area contributed by atoms with E-state index in [1.807, 2.05) is 25.1 Å². The number of nitrogens with one attached hydrogen (secondary N) is 1. The van der Waals surface area contributed by atoms with Crippen LogP contribution in [-0.4, -0.2) is 18.0 Å². The van der Waals surface area contributed by atoms with Crippen molar-refractivity contribution in [2.45, 2.75) is 52.0 Å². The van der Waals surface area contributed by atoms with Crippen LogP contribution in [0.1, 0.15) is 54.1 Å². The molecule has 20 heavy (non-hydrogen) atoms. The second-order valence-corrected chi connectivity index (χ2v) is 6.42. The first-order valence-corrected chi connectivity index (χ1v) is 7.55. The third-order valence-electron chi connectivity index (χ3n) is 4.77. The van der Waals surface area contributed by atoms with E-state index in [0.717, 1.165) is 42.7 Å². The minimum Gasteiger partial charge on any atom is -0.345 e. The zero-order chi connectivity index (χ0) is 14.8. The zero-order valence-corrected chi connectivity index (χ0v) is 12.8. The van der Waals surface area contributed by atoms with Gasteiger partial charge >= 0.3 is 0 Å². The van der Waals surface area contributed by atoms with E-state index in [-0.39, 0.29) is 11.4 Å². The van der Waals surface area contributed by atoms with E-state index in [1.165, 1.54) is 5.56 Å². The van der Waals surface area contributed by atoms with Crippen LogP contribution in [0.3, 0.4) is 0 Å². The molecule has 0 heterocycles. The second kappa shape index (κ2) is 5.96. The predicted octanol–water partition coefficient (Wildman–Crippen LogP) is 2.94. The lowest BCUT2D eigenvalue weighted by Crippen LogP contribution is -2.55. The van der Waals surface area contributed by atoms with Crippen molar-refractivity contribution in [3.63, 3.8) is 0 Å². The molecule has 1 aliphatic rings. The van der Waals surface area contributed by atoms with E-state index < -0.39 is 0 Å². The average Bonchev–Trinajstić information content (AvgIpc) is 2.44. The molecule has 0 spiro atoms. The van der Waals surface area contributed by atoms with E-state index in [4.69, 9.17) is 5.73 Å². The standard InChI is InChI=1S/C17H26N2O/c1-12-6-8-17(11-18,9-7-12)19-16(20)15-5-4-13(2)14(3)10-15/h4-5,10,12H,6-9,11,18H2,1-3H3,(H,19,20). The highest BCUT2D eigenvalue weighted by Crippen LogP contribution is 2.31. The molecule has 3 heteroatoms. The first-order valence-electron chi connectivity index (χ1n) is 7.55. The number of rotatable bonds is 3. The van der Waals surface area contributed by atoms with E-state index in [0.29, 0.717) is 6.54 Å². The first-order chi connectivity index (χ1) is 9.46. The molecule has 0 saturated heterocycles. The maximum absolute atomic E-state index is 12.5. The number of nitrogens with two attached hydrogens (primary N) is 1. The Kier molecular flexibility index (Phi) is 4.48. The molecule has 3 N–H and O–H groups in total. The SMILES string of the molecule is Cc1ccc(C(=O)NC2(CN)CCC(C)CC2)cc1C. The molecule has 110 valence electrons. The second-order valence-electron chi connectivity index (χ2n) is 6.42. The summed E-state index contributed by atoms with van der Waals surface area (Å²) in [7, 11) is 0. The van der Waals surface area contributed by atoms with Gasteiger partial charge in [0.2, 0.25) is 0 Å². The number of carbonyl (C=O) groups excluding carboxylic acids is 1. The molecule has 1 aromatic rings. The van der Waals surface area contributed by atoms with Gasteiger partial charge in [-0.25, -0.2) is 0 Å². The zero-order valence-electron chi connectivity index (χ0n) is 12.8. The normalized spacial score (nSPS) is 26.3. The van der Waals surface area contributed by atoms with Gasteiger partial charge in [-0.2, -0.15) is 0 Å². The minimum atomic E-state index is -0.206. The summed E-state index contributed by atoms with van der Waals surface area (Å²) in [5, 5.41) is 3.20.